The summed E-state index contributed by atoms with van der Waals surface area (Å²) in [6.07, 6.45) is 3.75. The molecule has 0 spiro atoms. The van der Waals surface area contributed by atoms with Crippen LogP contribution in [-0.2, 0) is 20.1 Å². The van der Waals surface area contributed by atoms with Crippen LogP contribution in [0.5, 0.6) is 0 Å². The van der Waals surface area contributed by atoms with E-state index in [2.05, 4.69) is 66.3 Å². The molecule has 5 aromatic rings. The Morgan fingerprint density at radius 1 is 0.576 bits per heavy atom. The van der Waals surface area contributed by atoms with E-state index in [-0.39, 0.29) is 20.1 Å². The van der Waals surface area contributed by atoms with Crippen LogP contribution in [-0.4, -0.2) is 9.97 Å². The third kappa shape index (κ3) is 6.32. The summed E-state index contributed by atoms with van der Waals surface area (Å²) in [5, 5.41) is 0. The summed E-state index contributed by atoms with van der Waals surface area (Å²) >= 11 is 0. The fourth-order valence-corrected chi connectivity index (χ4v) is 3.49. The van der Waals surface area contributed by atoms with Crippen molar-refractivity contribution < 1.29 is 20.1 Å². The van der Waals surface area contributed by atoms with Crippen LogP contribution in [0.3, 0.4) is 0 Å². The SMILES string of the molecule is Cc1ccccc1-c1cnc(-c2[c-]cccc2)cc1C.[Ir].[c-]1ccccc1-c1ccccn1. The third-order valence-electron chi connectivity index (χ3n) is 5.18. The second kappa shape index (κ2) is 12.0. The molecule has 0 aliphatic heterocycles. The fraction of sp³-hybridized carbons (Fsp3) is 0.0667. The molecule has 3 heteroatoms. The molecule has 3 aromatic carbocycles. The maximum Gasteiger partial charge on any atom is 0.0242 e. The fourth-order valence-electron chi connectivity index (χ4n) is 3.49. The van der Waals surface area contributed by atoms with E-state index in [4.69, 9.17) is 0 Å². The van der Waals surface area contributed by atoms with E-state index in [1.807, 2.05) is 72.9 Å². The first-order chi connectivity index (χ1) is 15.7. The van der Waals surface area contributed by atoms with Crippen molar-refractivity contribution in [3.05, 3.63) is 133 Å². The van der Waals surface area contributed by atoms with Crippen molar-refractivity contribution in [1.82, 2.24) is 9.97 Å². The van der Waals surface area contributed by atoms with E-state index in [1.165, 1.54) is 22.3 Å². The number of nitrogens with zero attached hydrogens (tertiary/aromatic N) is 2. The van der Waals surface area contributed by atoms with Gasteiger partial charge in [-0.25, -0.2) is 0 Å². The van der Waals surface area contributed by atoms with Crippen molar-refractivity contribution in [2.75, 3.05) is 0 Å². The molecule has 0 aliphatic carbocycles. The average molecular weight is 605 g/mol. The molecule has 2 nitrogen and oxygen atoms in total. The molecule has 1 radical (unpaired) electrons. The van der Waals surface area contributed by atoms with Gasteiger partial charge in [-0.2, -0.15) is 0 Å². The van der Waals surface area contributed by atoms with E-state index in [9.17, 15) is 0 Å². The second-order valence-corrected chi connectivity index (χ2v) is 7.47. The van der Waals surface area contributed by atoms with E-state index >= 15 is 0 Å². The Balaban J connectivity index is 0.000000202. The summed E-state index contributed by atoms with van der Waals surface area (Å²) in [4.78, 5) is 8.81. The molecule has 0 atom stereocenters. The van der Waals surface area contributed by atoms with Crippen molar-refractivity contribution in [3.8, 4) is 33.6 Å². The molecule has 2 heterocycles. The molecule has 0 fully saturated rings. The Labute approximate surface area is 209 Å². The number of pyridine rings is 2. The predicted octanol–water partition coefficient (Wildman–Crippen LogP) is 7.38. The van der Waals surface area contributed by atoms with Gasteiger partial charge in [0.1, 0.15) is 0 Å². The monoisotopic (exact) mass is 605 g/mol. The molecule has 2 aromatic heterocycles. The molecule has 0 saturated carbocycles. The maximum absolute atomic E-state index is 4.60. The van der Waals surface area contributed by atoms with Gasteiger partial charge >= 0.3 is 0 Å². The Morgan fingerprint density at radius 2 is 1.21 bits per heavy atom. The Hall–Kier alpha value is -3.39. The molecular weight excluding hydrogens is 581 g/mol. The number of hydrogen-bond acceptors (Lipinski definition) is 2. The molecule has 0 unspecified atom stereocenters. The van der Waals surface area contributed by atoms with Crippen LogP contribution >= 0.6 is 0 Å². The first kappa shape index (κ1) is 24.3. The van der Waals surface area contributed by atoms with Crippen LogP contribution in [0.15, 0.2) is 109 Å². The largest absolute Gasteiger partial charge is 0.305 e. The Bertz CT molecular complexity index is 1230. The minimum absolute atomic E-state index is 0. The number of rotatable bonds is 3. The molecular formula is C30H24IrN2-2. The molecule has 5 rings (SSSR count). The van der Waals surface area contributed by atoms with Gasteiger partial charge in [-0.15, -0.1) is 71.8 Å². The summed E-state index contributed by atoms with van der Waals surface area (Å²) in [7, 11) is 0. The van der Waals surface area contributed by atoms with E-state index < -0.39 is 0 Å². The molecule has 0 aliphatic rings. The average Bonchev–Trinajstić information content (AvgIpc) is 2.87. The van der Waals surface area contributed by atoms with E-state index in [1.54, 1.807) is 6.20 Å². The van der Waals surface area contributed by atoms with Gasteiger partial charge in [0.15, 0.2) is 0 Å². The van der Waals surface area contributed by atoms with Crippen molar-refractivity contribution in [1.29, 1.82) is 0 Å². The van der Waals surface area contributed by atoms with Gasteiger partial charge in [-0.05, 0) is 48.0 Å². The zero-order valence-electron chi connectivity index (χ0n) is 18.6. The van der Waals surface area contributed by atoms with Crippen LogP contribution in [0.2, 0.25) is 0 Å². The van der Waals surface area contributed by atoms with Crippen molar-refractivity contribution in [2.45, 2.75) is 13.8 Å². The topological polar surface area (TPSA) is 25.8 Å². The second-order valence-electron chi connectivity index (χ2n) is 7.47. The summed E-state index contributed by atoms with van der Waals surface area (Å²) < 4.78 is 0. The zero-order chi connectivity index (χ0) is 22.2. The molecule has 0 N–H and O–H groups in total. The first-order valence-corrected chi connectivity index (χ1v) is 10.6. The Kier molecular flexibility index (Phi) is 8.83. The summed E-state index contributed by atoms with van der Waals surface area (Å²) in [6.45, 7) is 4.27. The zero-order valence-corrected chi connectivity index (χ0v) is 21.0. The first-order valence-electron chi connectivity index (χ1n) is 10.6. The van der Waals surface area contributed by atoms with E-state index in [0.29, 0.717) is 0 Å². The molecule has 33 heavy (non-hydrogen) atoms. The molecule has 0 saturated heterocycles. The predicted molar refractivity (Wildman–Crippen MR) is 132 cm³/mol. The van der Waals surface area contributed by atoms with E-state index in [0.717, 1.165) is 22.5 Å². The van der Waals surface area contributed by atoms with Gasteiger partial charge in [0.2, 0.25) is 0 Å². The van der Waals surface area contributed by atoms with Crippen LogP contribution in [0.1, 0.15) is 11.1 Å². The van der Waals surface area contributed by atoms with Gasteiger partial charge in [0.25, 0.3) is 0 Å². The number of aromatic nitrogens is 2. The van der Waals surface area contributed by atoms with Gasteiger partial charge < -0.3 is 9.97 Å². The standard InChI is InChI=1S/C19H16N.C11H8N.Ir/c1-14-8-6-7-11-17(14)18-13-20-19(12-15(18)2)16-9-4-3-5-10-16;1-2-6-10(7-3-1)11-8-4-5-9-12-11;/h3-9,11-13H,1-2H3;1-6,8-9H;/q2*-1;. The minimum Gasteiger partial charge on any atom is -0.305 e. The van der Waals surface area contributed by atoms with Crippen molar-refractivity contribution in [2.24, 2.45) is 0 Å². The summed E-state index contributed by atoms with van der Waals surface area (Å²) in [5.74, 6) is 0. The third-order valence-corrected chi connectivity index (χ3v) is 5.18. The maximum atomic E-state index is 4.60. The number of aryl methyl sites for hydroxylation is 2. The Morgan fingerprint density at radius 3 is 1.79 bits per heavy atom. The minimum atomic E-state index is 0. The normalized spacial score (nSPS) is 9.88. The van der Waals surface area contributed by atoms with Crippen LogP contribution in [0.4, 0.5) is 0 Å². The van der Waals surface area contributed by atoms with Gasteiger partial charge in [0, 0.05) is 38.1 Å². The quantitative estimate of drug-likeness (QED) is 0.201. The van der Waals surface area contributed by atoms with Crippen molar-refractivity contribution >= 4 is 0 Å². The van der Waals surface area contributed by atoms with Crippen LogP contribution in [0.25, 0.3) is 33.6 Å². The van der Waals surface area contributed by atoms with Gasteiger partial charge in [-0.3, -0.25) is 0 Å². The molecule has 0 amide bonds. The number of hydrogen-bond donors (Lipinski definition) is 0. The van der Waals surface area contributed by atoms with Gasteiger partial charge in [-0.1, -0.05) is 42.5 Å². The number of benzene rings is 3. The molecule has 0 bridgehead atoms. The summed E-state index contributed by atoms with van der Waals surface area (Å²) in [5.41, 5.74) is 8.98. The van der Waals surface area contributed by atoms with Crippen molar-refractivity contribution in [3.63, 3.8) is 0 Å². The summed E-state index contributed by atoms with van der Waals surface area (Å²) in [6, 6.07) is 38.5. The van der Waals surface area contributed by atoms with Crippen LogP contribution in [0, 0.1) is 26.0 Å². The van der Waals surface area contributed by atoms with Crippen LogP contribution < -0.4 is 0 Å². The van der Waals surface area contributed by atoms with Gasteiger partial charge in [0.05, 0.1) is 0 Å². The smallest absolute Gasteiger partial charge is 0.0242 e. The molecule has 165 valence electrons.